The van der Waals surface area contributed by atoms with E-state index < -0.39 is 5.92 Å². The van der Waals surface area contributed by atoms with Crippen molar-refractivity contribution >= 4 is 23.7 Å². The predicted octanol–water partition coefficient (Wildman–Crippen LogP) is 4.76. The maximum Gasteiger partial charge on any atom is 0.272 e. The molecule has 1 aliphatic carbocycles. The van der Waals surface area contributed by atoms with Crippen LogP contribution in [0.5, 0.6) is 0 Å². The van der Waals surface area contributed by atoms with Crippen molar-refractivity contribution < 1.29 is 14.4 Å². The van der Waals surface area contributed by atoms with Crippen molar-refractivity contribution in [3.63, 3.8) is 0 Å². The Bertz CT molecular complexity index is 1470. The highest BCUT2D eigenvalue weighted by Crippen LogP contribution is 2.38. The summed E-state index contributed by atoms with van der Waals surface area (Å²) in [6.07, 6.45) is 5.17. The van der Waals surface area contributed by atoms with Crippen LogP contribution in [0.3, 0.4) is 0 Å². The minimum Gasteiger partial charge on any atom is -0.336 e. The highest BCUT2D eigenvalue weighted by Gasteiger charge is 2.50. The molecule has 2 saturated heterocycles. The van der Waals surface area contributed by atoms with E-state index in [2.05, 4.69) is 16.0 Å². The maximum atomic E-state index is 13.9. The Balaban J connectivity index is 1.12. The monoisotopic (exact) mass is 522 g/mol. The Labute approximate surface area is 228 Å². The number of carbonyl (C=O) groups excluding carboxylic acids is 3. The summed E-state index contributed by atoms with van der Waals surface area (Å²) >= 11 is 0. The number of rotatable bonds is 6. The molecule has 2 aromatic carbocycles. The number of nitrogens with zero attached hydrogens (tertiary/aromatic N) is 3. The number of amides is 2. The van der Waals surface area contributed by atoms with Crippen LogP contribution in [0.1, 0.15) is 55.2 Å². The summed E-state index contributed by atoms with van der Waals surface area (Å²) in [5.74, 6) is 0.241. The van der Waals surface area contributed by atoms with Crippen molar-refractivity contribution in [3.8, 4) is 11.4 Å². The zero-order valence-electron chi connectivity index (χ0n) is 22.7. The number of likely N-dealkylation sites (tertiary alicyclic amines) is 2. The summed E-state index contributed by atoms with van der Waals surface area (Å²) < 4.78 is 0. The predicted molar refractivity (Wildman–Crippen MR) is 150 cm³/mol. The molecule has 3 aliphatic rings. The number of imidazole rings is 1. The van der Waals surface area contributed by atoms with Crippen molar-refractivity contribution in [1.82, 2.24) is 19.8 Å². The van der Waals surface area contributed by atoms with Gasteiger partial charge in [-0.2, -0.15) is 0 Å². The Hall–Kier alpha value is -4.00. The van der Waals surface area contributed by atoms with Gasteiger partial charge in [0.2, 0.25) is 5.91 Å². The molecule has 200 valence electrons. The molecule has 6 rings (SSSR count). The summed E-state index contributed by atoms with van der Waals surface area (Å²) in [5, 5.41) is 0. The van der Waals surface area contributed by atoms with Gasteiger partial charge in [-0.1, -0.05) is 75.4 Å². The number of piperazine rings is 1. The van der Waals surface area contributed by atoms with Crippen LogP contribution in [-0.2, 0) is 16.0 Å². The highest BCUT2D eigenvalue weighted by atomic mass is 16.2. The third-order valence-electron chi connectivity index (χ3n) is 8.49. The van der Waals surface area contributed by atoms with E-state index in [4.69, 9.17) is 0 Å². The molecule has 0 spiro atoms. The molecule has 0 unspecified atom stereocenters. The van der Waals surface area contributed by atoms with Gasteiger partial charge < -0.3 is 14.8 Å². The second kappa shape index (κ2) is 9.63. The molecular weight excluding hydrogens is 488 g/mol. The smallest absolute Gasteiger partial charge is 0.272 e. The molecule has 2 bridgehead atoms. The highest BCUT2D eigenvalue weighted by molar-refractivity contribution is 6.03. The van der Waals surface area contributed by atoms with Gasteiger partial charge in [0.15, 0.2) is 5.78 Å². The number of allylic oxidation sites excluding steroid dienone is 1. The summed E-state index contributed by atoms with van der Waals surface area (Å²) in [4.78, 5) is 51.9. The van der Waals surface area contributed by atoms with Crippen molar-refractivity contribution in [1.29, 1.82) is 0 Å². The van der Waals surface area contributed by atoms with Gasteiger partial charge in [-0.15, -0.1) is 0 Å². The van der Waals surface area contributed by atoms with Crippen LogP contribution in [-0.4, -0.2) is 62.5 Å². The number of nitrogens with one attached hydrogen (secondary N) is 1. The number of Topliss-reactive ketones (excluding diaryl/α,β-unsaturated/α-hetero) is 1. The molecule has 3 atom stereocenters. The van der Waals surface area contributed by atoms with E-state index in [1.807, 2.05) is 85.2 Å². The number of hydrogen-bond donors (Lipinski definition) is 1. The zero-order valence-corrected chi connectivity index (χ0v) is 22.7. The van der Waals surface area contributed by atoms with Crippen molar-refractivity contribution in [2.24, 2.45) is 11.3 Å². The Morgan fingerprint density at radius 1 is 0.974 bits per heavy atom. The van der Waals surface area contributed by atoms with Crippen molar-refractivity contribution in [2.45, 2.75) is 52.1 Å². The first kappa shape index (κ1) is 25.3. The second-order valence-corrected chi connectivity index (χ2v) is 12.1. The molecule has 7 nitrogen and oxygen atoms in total. The first-order chi connectivity index (χ1) is 18.7. The minimum absolute atomic E-state index is 0.0273. The van der Waals surface area contributed by atoms with Gasteiger partial charge in [0, 0.05) is 37.1 Å². The zero-order chi connectivity index (χ0) is 27.3. The van der Waals surface area contributed by atoms with Gasteiger partial charge in [-0.25, -0.2) is 4.98 Å². The number of aromatic nitrogens is 2. The molecule has 3 heterocycles. The fourth-order valence-corrected chi connectivity index (χ4v) is 6.25. The summed E-state index contributed by atoms with van der Waals surface area (Å²) in [6, 6.07) is 17.7. The number of ketones is 1. The molecule has 0 saturated carbocycles. The van der Waals surface area contributed by atoms with E-state index in [1.165, 1.54) is 0 Å². The maximum absolute atomic E-state index is 13.9. The Morgan fingerprint density at radius 3 is 2.36 bits per heavy atom. The lowest BCUT2D eigenvalue weighted by Crippen LogP contribution is -2.53. The van der Waals surface area contributed by atoms with Gasteiger partial charge in [0.25, 0.3) is 5.91 Å². The second-order valence-electron chi connectivity index (χ2n) is 12.1. The van der Waals surface area contributed by atoms with Crippen LogP contribution in [0.4, 0.5) is 0 Å². The lowest BCUT2D eigenvalue weighted by atomic mass is 9.76. The van der Waals surface area contributed by atoms with Crippen LogP contribution in [0.15, 0.2) is 66.4 Å². The van der Waals surface area contributed by atoms with Gasteiger partial charge >= 0.3 is 0 Å². The molecule has 2 fully saturated rings. The topological polar surface area (TPSA) is 86.4 Å². The minimum atomic E-state index is -0.417. The SMILES string of the molecule is CC(C)(C)[C@H](CC(=O)C1=Cc2ccccc2C1)C(=O)N1C[C@@H]2C[C@H]1CN2C(=O)c1cnc(-c2ccccc2)[nH]1. The fraction of sp³-hybridized carbons (Fsp3) is 0.375. The number of fused-ring (bicyclic) bond motifs is 3. The van der Waals surface area contributed by atoms with Gasteiger partial charge in [-0.05, 0) is 29.0 Å². The Morgan fingerprint density at radius 2 is 1.67 bits per heavy atom. The van der Waals surface area contributed by atoms with Crippen LogP contribution < -0.4 is 0 Å². The fourth-order valence-electron chi connectivity index (χ4n) is 6.25. The van der Waals surface area contributed by atoms with Gasteiger partial charge in [0.05, 0.1) is 24.2 Å². The molecule has 7 heteroatoms. The van der Waals surface area contributed by atoms with Crippen LogP contribution >= 0.6 is 0 Å². The number of carbonyl (C=O) groups is 3. The quantitative estimate of drug-likeness (QED) is 0.506. The van der Waals surface area contributed by atoms with E-state index in [1.54, 1.807) is 6.20 Å². The van der Waals surface area contributed by atoms with Crippen LogP contribution in [0, 0.1) is 11.3 Å². The normalized spacial score (nSPS) is 20.6. The van der Waals surface area contributed by atoms with E-state index in [0.29, 0.717) is 31.0 Å². The molecular formula is C32H34N4O3. The van der Waals surface area contributed by atoms with Gasteiger partial charge in [-0.3, -0.25) is 14.4 Å². The third kappa shape index (κ3) is 4.71. The molecule has 1 aromatic heterocycles. The molecule has 2 aliphatic heterocycles. The Kier molecular flexibility index (Phi) is 6.25. The standard InChI is InChI=1S/C32H34N4O3/c1-32(2,3)26(16-28(37)23-13-21-11-7-8-12-22(21)14-23)30(38)35-18-25-15-24(35)19-36(25)31(39)27-17-33-29(34-27)20-9-5-4-6-10-20/h4-13,17,24-26H,14-16,18-19H2,1-3H3,(H,33,34)/t24-,25-,26+/m0/s1. The molecule has 3 aromatic rings. The largest absolute Gasteiger partial charge is 0.336 e. The number of benzene rings is 2. The molecule has 2 amide bonds. The number of hydrogen-bond acceptors (Lipinski definition) is 4. The third-order valence-corrected chi connectivity index (χ3v) is 8.49. The lowest BCUT2D eigenvalue weighted by molar-refractivity contribution is -0.143. The first-order valence-corrected chi connectivity index (χ1v) is 13.7. The van der Waals surface area contributed by atoms with E-state index in [-0.39, 0.29) is 41.5 Å². The summed E-state index contributed by atoms with van der Waals surface area (Å²) in [6.45, 7) is 7.11. The average Bonchev–Trinajstić information content (AvgIpc) is 3.73. The number of aromatic amines is 1. The van der Waals surface area contributed by atoms with Gasteiger partial charge in [0.1, 0.15) is 11.5 Å². The molecule has 1 N–H and O–H groups in total. The average molecular weight is 523 g/mol. The van der Waals surface area contributed by atoms with E-state index in [9.17, 15) is 14.4 Å². The molecule has 0 radical (unpaired) electrons. The molecule has 39 heavy (non-hydrogen) atoms. The van der Waals surface area contributed by atoms with Crippen molar-refractivity contribution in [2.75, 3.05) is 13.1 Å². The lowest BCUT2D eigenvalue weighted by Gasteiger charge is -2.39. The van der Waals surface area contributed by atoms with Crippen molar-refractivity contribution in [3.05, 3.63) is 83.2 Å². The van der Waals surface area contributed by atoms with E-state index in [0.717, 1.165) is 28.7 Å². The first-order valence-electron chi connectivity index (χ1n) is 13.7. The summed E-state index contributed by atoms with van der Waals surface area (Å²) in [5.41, 5.74) is 4.07. The van der Waals surface area contributed by atoms with Crippen LogP contribution in [0.25, 0.3) is 17.5 Å². The van der Waals surface area contributed by atoms with E-state index >= 15 is 0 Å². The van der Waals surface area contributed by atoms with Crippen LogP contribution in [0.2, 0.25) is 0 Å². The number of H-pyrrole nitrogens is 1. The summed E-state index contributed by atoms with van der Waals surface area (Å²) in [7, 11) is 0.